The standard InChI is InChI=1S/C39H21NO2S2/c1-6-12-33-23(7-1)25-14-15-31-35(38(25)44-33)39(28-17-19-41-36(28)37-29(39)18-20-42-37)27-9-3-4-10-30(27)40(31)22-13-16-34-26(21-22)24-8-2-5-11-32(24)43-34/h1-21H. The summed E-state index contributed by atoms with van der Waals surface area (Å²) < 4.78 is 17.6. The summed E-state index contributed by atoms with van der Waals surface area (Å²) in [6, 6.07) is 42.3. The van der Waals surface area contributed by atoms with Gasteiger partial charge in [0, 0.05) is 62.7 Å². The monoisotopic (exact) mass is 599 g/mol. The van der Waals surface area contributed by atoms with Crippen LogP contribution < -0.4 is 4.90 Å². The topological polar surface area (TPSA) is 29.5 Å². The molecular weight excluding hydrogens is 579 g/mol. The van der Waals surface area contributed by atoms with E-state index in [1.54, 1.807) is 0 Å². The highest BCUT2D eigenvalue weighted by molar-refractivity contribution is 7.26. The first kappa shape index (κ1) is 23.4. The third-order valence-electron chi connectivity index (χ3n) is 9.65. The van der Waals surface area contributed by atoms with Gasteiger partial charge in [0.2, 0.25) is 0 Å². The third kappa shape index (κ3) is 2.65. The molecule has 1 aliphatic heterocycles. The summed E-state index contributed by atoms with van der Waals surface area (Å²) in [6.45, 7) is 0. The van der Waals surface area contributed by atoms with Crippen molar-refractivity contribution in [1.29, 1.82) is 0 Å². The number of nitrogens with zero attached hydrogens (tertiary/aromatic N) is 1. The average molecular weight is 600 g/mol. The Balaban J connectivity index is 1.32. The van der Waals surface area contributed by atoms with Gasteiger partial charge in [0.05, 0.1) is 29.3 Å². The molecule has 9 aromatic rings. The predicted octanol–water partition coefficient (Wildman–Crippen LogP) is 11.8. The van der Waals surface area contributed by atoms with E-state index in [4.69, 9.17) is 8.83 Å². The summed E-state index contributed by atoms with van der Waals surface area (Å²) in [5, 5.41) is 5.17. The quantitative estimate of drug-likeness (QED) is 0.188. The maximum atomic E-state index is 6.18. The van der Waals surface area contributed by atoms with Crippen molar-refractivity contribution in [3.63, 3.8) is 0 Å². The lowest BCUT2D eigenvalue weighted by atomic mass is 9.65. The van der Waals surface area contributed by atoms with Crippen LogP contribution in [0.2, 0.25) is 0 Å². The molecule has 5 heterocycles. The molecule has 0 saturated carbocycles. The van der Waals surface area contributed by atoms with E-state index in [0.717, 1.165) is 28.3 Å². The zero-order valence-corrected chi connectivity index (χ0v) is 24.8. The van der Waals surface area contributed by atoms with Gasteiger partial charge in [-0.1, -0.05) is 60.7 Å². The molecule has 5 heteroatoms. The molecule has 5 aromatic carbocycles. The van der Waals surface area contributed by atoms with Gasteiger partial charge in [-0.2, -0.15) is 0 Å². The zero-order valence-electron chi connectivity index (χ0n) is 23.2. The van der Waals surface area contributed by atoms with E-state index in [1.165, 1.54) is 62.8 Å². The average Bonchev–Trinajstić information content (AvgIpc) is 3.89. The Kier molecular flexibility index (Phi) is 4.29. The maximum Gasteiger partial charge on any atom is 0.174 e. The molecule has 0 amide bonds. The number of hydrogen-bond donors (Lipinski definition) is 0. The van der Waals surface area contributed by atoms with Crippen LogP contribution in [0, 0.1) is 0 Å². The van der Waals surface area contributed by atoms with E-state index in [9.17, 15) is 0 Å². The molecule has 0 radical (unpaired) electrons. The molecule has 0 unspecified atom stereocenters. The molecule has 0 bridgehead atoms. The van der Waals surface area contributed by atoms with Gasteiger partial charge in [0.25, 0.3) is 0 Å². The number of fused-ring (bicyclic) bond motifs is 16. The van der Waals surface area contributed by atoms with Crippen LogP contribution >= 0.6 is 22.7 Å². The number of benzene rings is 5. The number of furan rings is 2. The van der Waals surface area contributed by atoms with Crippen LogP contribution in [-0.4, -0.2) is 0 Å². The van der Waals surface area contributed by atoms with Crippen molar-refractivity contribution in [3.8, 4) is 11.5 Å². The molecule has 2 aliphatic rings. The highest BCUT2D eigenvalue weighted by Crippen LogP contribution is 2.66. The molecule has 0 saturated heterocycles. The number of rotatable bonds is 1. The zero-order chi connectivity index (χ0) is 28.6. The lowest BCUT2D eigenvalue weighted by Gasteiger charge is -2.44. The minimum absolute atomic E-state index is 0.577. The molecule has 206 valence electrons. The summed E-state index contributed by atoms with van der Waals surface area (Å²) >= 11 is 3.74. The van der Waals surface area contributed by atoms with E-state index >= 15 is 0 Å². The van der Waals surface area contributed by atoms with Crippen molar-refractivity contribution in [2.75, 3.05) is 4.90 Å². The largest absolute Gasteiger partial charge is 0.461 e. The van der Waals surface area contributed by atoms with Crippen molar-refractivity contribution in [2.24, 2.45) is 0 Å². The van der Waals surface area contributed by atoms with Gasteiger partial charge in [-0.15, -0.1) is 22.7 Å². The smallest absolute Gasteiger partial charge is 0.174 e. The van der Waals surface area contributed by atoms with Gasteiger partial charge in [-0.3, -0.25) is 0 Å². The van der Waals surface area contributed by atoms with E-state index in [2.05, 4.69) is 120 Å². The van der Waals surface area contributed by atoms with Gasteiger partial charge in [-0.05, 0) is 60.2 Å². The molecule has 0 fully saturated rings. The molecule has 3 nitrogen and oxygen atoms in total. The van der Waals surface area contributed by atoms with Crippen LogP contribution in [0.15, 0.2) is 137 Å². The predicted molar refractivity (Wildman–Crippen MR) is 182 cm³/mol. The first-order valence-electron chi connectivity index (χ1n) is 14.7. The second kappa shape index (κ2) is 8.08. The second-order valence-electron chi connectivity index (χ2n) is 11.6. The fourth-order valence-corrected chi connectivity index (χ4v) is 10.4. The lowest BCUT2D eigenvalue weighted by Crippen LogP contribution is -2.36. The summed E-state index contributed by atoms with van der Waals surface area (Å²) in [6.07, 6.45) is 3.63. The fourth-order valence-electron chi connectivity index (χ4n) is 7.97. The molecule has 1 spiro atoms. The Morgan fingerprint density at radius 3 is 1.95 bits per heavy atom. The van der Waals surface area contributed by atoms with Crippen LogP contribution in [0.3, 0.4) is 0 Å². The summed E-state index contributed by atoms with van der Waals surface area (Å²) in [4.78, 5) is 2.48. The van der Waals surface area contributed by atoms with Crippen molar-refractivity contribution in [3.05, 3.63) is 150 Å². The Hall–Kier alpha value is -5.10. The minimum Gasteiger partial charge on any atom is -0.461 e. The fraction of sp³-hybridized carbons (Fsp3) is 0.0256. The van der Waals surface area contributed by atoms with Crippen LogP contribution in [-0.2, 0) is 5.41 Å². The molecule has 44 heavy (non-hydrogen) atoms. The Bertz CT molecular complexity index is 2610. The van der Waals surface area contributed by atoms with Crippen LogP contribution in [0.5, 0.6) is 0 Å². The number of anilines is 3. The van der Waals surface area contributed by atoms with Gasteiger partial charge in [0.1, 0.15) is 0 Å². The van der Waals surface area contributed by atoms with Gasteiger partial charge >= 0.3 is 0 Å². The van der Waals surface area contributed by atoms with Gasteiger partial charge in [0.15, 0.2) is 11.5 Å². The summed E-state index contributed by atoms with van der Waals surface area (Å²) in [5.74, 6) is 1.65. The summed E-state index contributed by atoms with van der Waals surface area (Å²) in [5.41, 5.74) is 7.73. The van der Waals surface area contributed by atoms with Crippen molar-refractivity contribution in [1.82, 2.24) is 0 Å². The van der Waals surface area contributed by atoms with E-state index in [0.29, 0.717) is 0 Å². The van der Waals surface area contributed by atoms with Gasteiger partial charge in [-0.25, -0.2) is 0 Å². The molecule has 1 aliphatic carbocycles. The number of thiophene rings is 2. The first-order chi connectivity index (χ1) is 21.8. The van der Waals surface area contributed by atoms with E-state index in [-0.39, 0.29) is 0 Å². The molecule has 0 N–H and O–H groups in total. The number of hydrogen-bond acceptors (Lipinski definition) is 5. The first-order valence-corrected chi connectivity index (χ1v) is 16.4. The maximum absolute atomic E-state index is 6.18. The molecule has 4 aromatic heterocycles. The minimum atomic E-state index is -0.577. The molecular formula is C39H21NO2S2. The second-order valence-corrected chi connectivity index (χ2v) is 13.8. The van der Waals surface area contributed by atoms with E-state index in [1.807, 2.05) is 35.2 Å². The van der Waals surface area contributed by atoms with Crippen LogP contribution in [0.4, 0.5) is 17.1 Å². The summed E-state index contributed by atoms with van der Waals surface area (Å²) in [7, 11) is 0. The lowest BCUT2D eigenvalue weighted by molar-refractivity contribution is 0.525. The highest BCUT2D eigenvalue weighted by atomic mass is 32.1. The van der Waals surface area contributed by atoms with Crippen LogP contribution in [0.1, 0.15) is 22.3 Å². The van der Waals surface area contributed by atoms with Crippen molar-refractivity contribution in [2.45, 2.75) is 5.41 Å². The SMILES string of the molecule is c1ccc2c(c1)N(c1ccc3sc4ccccc4c3c1)c1ccc3c(sc4ccccc43)c1C21c2ccoc2-c2occc21. The Morgan fingerprint density at radius 1 is 0.500 bits per heavy atom. The Labute approximate surface area is 259 Å². The van der Waals surface area contributed by atoms with Crippen LogP contribution in [0.25, 0.3) is 51.9 Å². The molecule has 0 atom stereocenters. The van der Waals surface area contributed by atoms with Gasteiger partial charge < -0.3 is 13.7 Å². The molecule has 11 rings (SSSR count). The number of para-hydroxylation sites is 1. The van der Waals surface area contributed by atoms with Crippen molar-refractivity contribution < 1.29 is 8.83 Å². The normalized spacial score (nSPS) is 14.5. The Morgan fingerprint density at radius 2 is 1.16 bits per heavy atom. The highest BCUT2D eigenvalue weighted by Gasteiger charge is 2.55. The van der Waals surface area contributed by atoms with E-state index < -0.39 is 5.41 Å². The van der Waals surface area contributed by atoms with Crippen molar-refractivity contribution >= 4 is 80.1 Å². The third-order valence-corrected chi connectivity index (χ3v) is 12.0.